The van der Waals surface area contributed by atoms with Crippen molar-refractivity contribution in [3.63, 3.8) is 0 Å². The molecule has 0 aliphatic heterocycles. The van der Waals surface area contributed by atoms with Crippen LogP contribution < -0.4 is 0 Å². The summed E-state index contributed by atoms with van der Waals surface area (Å²) in [7, 11) is 0. The molecule has 0 heterocycles. The maximum absolute atomic E-state index is 12.1. The molecule has 1 N–H and O–H groups in total. The van der Waals surface area contributed by atoms with Crippen LogP contribution in [0, 0.1) is 28.6 Å². The van der Waals surface area contributed by atoms with Crippen molar-refractivity contribution in [1.82, 2.24) is 0 Å². The van der Waals surface area contributed by atoms with Crippen molar-refractivity contribution in [3.05, 3.63) is 11.6 Å². The van der Waals surface area contributed by atoms with E-state index in [2.05, 4.69) is 6.92 Å². The first-order valence-electron chi connectivity index (χ1n) is 10.6. The van der Waals surface area contributed by atoms with E-state index in [1.165, 1.54) is 6.08 Å². The number of allylic oxidation sites excluding steroid dienone is 1. The predicted molar refractivity (Wildman–Crippen MR) is 82.7 cm³/mol. The molecule has 4 aliphatic rings. The van der Waals surface area contributed by atoms with Crippen molar-refractivity contribution >= 4 is 5.78 Å². The summed E-state index contributed by atoms with van der Waals surface area (Å²) >= 11 is 0. The van der Waals surface area contributed by atoms with Gasteiger partial charge in [0, 0.05) is 11.9 Å². The van der Waals surface area contributed by atoms with E-state index in [0.717, 1.165) is 25.7 Å². The van der Waals surface area contributed by atoms with Gasteiger partial charge in [-0.15, -0.1) is 0 Å². The monoisotopic (exact) mass is 296 g/mol. The van der Waals surface area contributed by atoms with Crippen LogP contribution in [0.5, 0.6) is 0 Å². The molecule has 10 atom stereocenters. The Hall–Kier alpha value is -0.630. The topological polar surface area (TPSA) is 37.3 Å². The number of carbonyl (C=O) groups is 1. The second kappa shape index (κ2) is 4.44. The van der Waals surface area contributed by atoms with Crippen LogP contribution in [0.3, 0.4) is 0 Å². The minimum absolute atomic E-state index is 0.0335. The predicted octanol–water partition coefficient (Wildman–Crippen LogP) is 3.88. The minimum Gasteiger partial charge on any atom is -0.393 e. The van der Waals surface area contributed by atoms with Gasteiger partial charge in [0.15, 0.2) is 5.78 Å². The van der Waals surface area contributed by atoms with Gasteiger partial charge in [-0.2, -0.15) is 0 Å². The molecule has 4 rings (SSSR count). The van der Waals surface area contributed by atoms with Gasteiger partial charge >= 0.3 is 0 Å². The largest absolute Gasteiger partial charge is 0.393 e. The standard InChI is InChI=1S/C19H28O2/c1-18-9-7-13(20)11-12(18)3-4-14-15-5-6-17(21)19(15,2)10-8-16(14)18/h11,14-17,21H,3-10H2,1-2H3/t14-,15-,16-,17-,18-,19-/m0/s1/i3T,4T,7T,9T/t3?,4?,7?,9?,14-,15-,16-,17-,18-,19-. The van der Waals surface area contributed by atoms with Crippen molar-refractivity contribution < 1.29 is 15.4 Å². The maximum Gasteiger partial charge on any atom is 0.155 e. The van der Waals surface area contributed by atoms with Crippen LogP contribution in [-0.4, -0.2) is 17.0 Å². The Morgan fingerprint density at radius 2 is 2.05 bits per heavy atom. The molecule has 0 amide bonds. The summed E-state index contributed by atoms with van der Waals surface area (Å²) < 4.78 is 34.2. The van der Waals surface area contributed by atoms with Gasteiger partial charge in [0.1, 0.15) is 0 Å². The summed E-state index contributed by atoms with van der Waals surface area (Å²) in [6, 6.07) is 0. The Balaban J connectivity index is 1.83. The second-order valence-corrected chi connectivity index (χ2v) is 7.91. The van der Waals surface area contributed by atoms with E-state index in [-0.39, 0.29) is 35.1 Å². The van der Waals surface area contributed by atoms with Gasteiger partial charge in [0.05, 0.1) is 6.10 Å². The minimum atomic E-state index is -1.09. The Labute approximate surface area is 133 Å². The molecule has 0 aromatic rings. The van der Waals surface area contributed by atoms with Crippen LogP contribution in [0.4, 0.5) is 0 Å². The molecule has 3 fully saturated rings. The highest BCUT2D eigenvalue weighted by Gasteiger charge is 2.58. The zero-order chi connectivity index (χ0) is 18.3. The number of hydrogen-bond acceptors (Lipinski definition) is 2. The lowest BCUT2D eigenvalue weighted by Crippen LogP contribution is -2.51. The third-order valence-corrected chi connectivity index (χ3v) is 7.06. The van der Waals surface area contributed by atoms with Crippen molar-refractivity contribution in [1.29, 1.82) is 0 Å². The van der Waals surface area contributed by atoms with Crippen molar-refractivity contribution in [2.24, 2.45) is 28.6 Å². The van der Waals surface area contributed by atoms with E-state index in [4.69, 9.17) is 5.48 Å². The summed E-state index contributed by atoms with van der Waals surface area (Å²) in [5, 5.41) is 10.5. The van der Waals surface area contributed by atoms with E-state index in [1.54, 1.807) is 0 Å². The molecule has 4 unspecified atom stereocenters. The maximum atomic E-state index is 12.1. The van der Waals surface area contributed by atoms with E-state index in [9.17, 15) is 9.90 Å². The molecular formula is C19H28O2. The summed E-state index contributed by atoms with van der Waals surface area (Å²) in [6.45, 7) is 4.09. The second-order valence-electron chi connectivity index (χ2n) is 7.91. The number of carbonyl (C=O) groups excluding carboxylic acids is 1. The van der Waals surface area contributed by atoms with Gasteiger partial charge in [0.25, 0.3) is 0 Å². The first kappa shape index (κ1) is 10.2. The molecule has 2 nitrogen and oxygen atoms in total. The SMILES string of the molecule is [3H]C1C2=CC(=O)C([3H])C([3H])[C@]2(C)[C@H]2CC[C@]3(C)[C@@H](O)CC[C@H]3[C@@H]2C1[3H]. The molecule has 2 heteroatoms. The lowest BCUT2D eigenvalue weighted by molar-refractivity contribution is -0.118. The van der Waals surface area contributed by atoms with Gasteiger partial charge in [-0.3, -0.25) is 4.79 Å². The molecule has 0 radical (unpaired) electrons. The summed E-state index contributed by atoms with van der Waals surface area (Å²) in [5.74, 6) is -0.167. The van der Waals surface area contributed by atoms with Crippen LogP contribution >= 0.6 is 0 Å². The number of aliphatic hydroxyl groups is 1. The lowest BCUT2D eigenvalue weighted by atomic mass is 9.47. The van der Waals surface area contributed by atoms with E-state index >= 15 is 0 Å². The fourth-order valence-corrected chi connectivity index (χ4v) is 5.62. The molecule has 0 saturated heterocycles. The molecule has 0 spiro atoms. The fourth-order valence-electron chi connectivity index (χ4n) is 5.62. The quantitative estimate of drug-likeness (QED) is 0.736. The third kappa shape index (κ3) is 1.78. The van der Waals surface area contributed by atoms with E-state index in [0.29, 0.717) is 5.57 Å². The Kier molecular flexibility index (Phi) is 2.16. The zero-order valence-electron chi connectivity index (χ0n) is 16.9. The smallest absolute Gasteiger partial charge is 0.155 e. The molecule has 0 aromatic heterocycles. The number of hydrogen-bond donors (Lipinski definition) is 1. The van der Waals surface area contributed by atoms with Crippen LogP contribution in [0.1, 0.15) is 70.6 Å². The van der Waals surface area contributed by atoms with Gasteiger partial charge in [-0.25, -0.2) is 0 Å². The molecule has 0 bridgehead atoms. The highest BCUT2D eigenvalue weighted by Crippen LogP contribution is 2.65. The number of ketones is 1. The summed E-state index contributed by atoms with van der Waals surface area (Å²) in [5.41, 5.74) is -0.256. The van der Waals surface area contributed by atoms with Crippen LogP contribution in [-0.2, 0) is 4.79 Å². The molecule has 21 heavy (non-hydrogen) atoms. The Morgan fingerprint density at radius 3 is 2.86 bits per heavy atom. The molecule has 4 aliphatic carbocycles. The van der Waals surface area contributed by atoms with E-state index in [1.807, 2.05) is 6.92 Å². The van der Waals surface area contributed by atoms with Gasteiger partial charge in [-0.1, -0.05) is 19.4 Å². The van der Waals surface area contributed by atoms with Crippen molar-refractivity contribution in [2.45, 2.75) is 71.2 Å². The van der Waals surface area contributed by atoms with Crippen molar-refractivity contribution in [3.8, 4) is 0 Å². The Bertz CT molecular complexity index is 637. The first-order chi connectivity index (χ1) is 11.6. The molecule has 3 saturated carbocycles. The highest BCUT2D eigenvalue weighted by atomic mass is 16.3. The van der Waals surface area contributed by atoms with Gasteiger partial charge in [0.2, 0.25) is 0 Å². The van der Waals surface area contributed by atoms with Gasteiger partial charge in [-0.05, 0) is 79.5 Å². The van der Waals surface area contributed by atoms with Crippen LogP contribution in [0.15, 0.2) is 11.6 Å². The van der Waals surface area contributed by atoms with E-state index < -0.39 is 31.0 Å². The number of fused-ring (bicyclic) bond motifs is 5. The third-order valence-electron chi connectivity index (χ3n) is 7.06. The van der Waals surface area contributed by atoms with Crippen molar-refractivity contribution in [2.75, 3.05) is 0 Å². The first-order valence-corrected chi connectivity index (χ1v) is 8.27. The Morgan fingerprint density at radius 1 is 1.24 bits per heavy atom. The molecule has 116 valence electrons. The number of rotatable bonds is 0. The summed E-state index contributed by atoms with van der Waals surface area (Å²) in [6.07, 6.45) is 0.985. The zero-order valence-corrected chi connectivity index (χ0v) is 12.9. The van der Waals surface area contributed by atoms with Crippen LogP contribution in [0.2, 0.25) is 0 Å². The van der Waals surface area contributed by atoms with Gasteiger partial charge < -0.3 is 5.11 Å². The number of aliphatic hydroxyl groups excluding tert-OH is 1. The summed E-state index contributed by atoms with van der Waals surface area (Å²) in [4.78, 5) is 12.1. The highest BCUT2D eigenvalue weighted by molar-refractivity contribution is 5.91. The molecular weight excluding hydrogens is 260 g/mol. The fraction of sp³-hybridized carbons (Fsp3) is 0.842. The molecule has 0 aromatic carbocycles. The normalized spacial score (nSPS) is 69.5. The average Bonchev–Trinajstić information content (AvgIpc) is 2.88. The average molecular weight is 296 g/mol. The lowest BCUT2D eigenvalue weighted by Gasteiger charge is -2.57. The van der Waals surface area contributed by atoms with Crippen LogP contribution in [0.25, 0.3) is 0 Å².